The molecular weight excluding hydrogens is 492 g/mol. The summed E-state index contributed by atoms with van der Waals surface area (Å²) in [5.41, 5.74) is 0. The van der Waals surface area contributed by atoms with Crippen molar-refractivity contribution in [1.29, 1.82) is 0 Å². The van der Waals surface area contributed by atoms with Gasteiger partial charge in [-0.15, -0.1) is 0 Å². The lowest BCUT2D eigenvalue weighted by atomic mass is 9.98. The first-order valence-electron chi connectivity index (χ1n) is 15.0. The van der Waals surface area contributed by atoms with Crippen LogP contribution in [0.5, 0.6) is 0 Å². The zero-order chi connectivity index (χ0) is 28.6. The third kappa shape index (κ3) is 22.1. The molecule has 0 aromatic heterocycles. The van der Waals surface area contributed by atoms with E-state index in [4.69, 9.17) is 14.6 Å². The van der Waals surface area contributed by atoms with Crippen molar-refractivity contribution >= 4 is 5.97 Å². The molecule has 0 fully saturated rings. The Kier molecular flexibility index (Phi) is 24.6. The van der Waals surface area contributed by atoms with Crippen molar-refractivity contribution in [3.63, 3.8) is 0 Å². The molecule has 0 amide bonds. The van der Waals surface area contributed by atoms with Gasteiger partial charge in [-0.3, -0.25) is 4.79 Å². The molecule has 228 valence electrons. The molecular formula is C29H58O9. The normalized spacial score (nSPS) is 16.5. The minimum absolute atomic E-state index is 0.0388. The van der Waals surface area contributed by atoms with Crippen LogP contribution in [-0.2, 0) is 14.3 Å². The Labute approximate surface area is 230 Å². The molecule has 9 heteroatoms. The van der Waals surface area contributed by atoms with Crippen molar-refractivity contribution in [2.75, 3.05) is 19.8 Å². The number of hydrogen-bond donors (Lipinski definition) is 6. The molecule has 38 heavy (non-hydrogen) atoms. The van der Waals surface area contributed by atoms with Crippen LogP contribution >= 0.6 is 0 Å². The quantitative estimate of drug-likeness (QED) is 0.0666. The number of hydrogen-bond acceptors (Lipinski definition) is 9. The largest absolute Gasteiger partial charge is 0.463 e. The van der Waals surface area contributed by atoms with Gasteiger partial charge < -0.3 is 40.1 Å². The standard InChI is InChI=1S/C29H58O9/c1-3-4-11-14-25(38-23(2)31)15-12-9-7-5-6-8-10-13-16-26(33)27(34)17-18-28(35)29(36)19-20-37-22-24(32)21-30/h24-30,32-36H,3-22H2,1-2H3/t24-,25-,26+,27-,28+,29-/m1/s1. The molecule has 0 aliphatic heterocycles. The fraction of sp³-hybridized carbons (Fsp3) is 0.966. The fourth-order valence-electron chi connectivity index (χ4n) is 4.49. The van der Waals surface area contributed by atoms with Crippen LogP contribution in [0.15, 0.2) is 0 Å². The number of carbonyl (C=O) groups is 1. The van der Waals surface area contributed by atoms with E-state index in [0.29, 0.717) is 6.42 Å². The van der Waals surface area contributed by atoms with Crippen LogP contribution in [0.1, 0.15) is 123 Å². The van der Waals surface area contributed by atoms with Gasteiger partial charge >= 0.3 is 5.97 Å². The van der Waals surface area contributed by atoms with E-state index < -0.39 is 37.1 Å². The van der Waals surface area contributed by atoms with E-state index in [9.17, 15) is 30.3 Å². The second-order valence-corrected chi connectivity index (χ2v) is 10.7. The van der Waals surface area contributed by atoms with E-state index in [1.807, 2.05) is 0 Å². The minimum atomic E-state index is -1.03. The average molecular weight is 551 g/mol. The summed E-state index contributed by atoms with van der Waals surface area (Å²) in [6.07, 6.45) is 10.3. The number of esters is 1. The van der Waals surface area contributed by atoms with Crippen molar-refractivity contribution < 1.29 is 44.9 Å². The number of aliphatic hydroxyl groups is 6. The Balaban J connectivity index is 3.75. The Morgan fingerprint density at radius 1 is 0.632 bits per heavy atom. The highest BCUT2D eigenvalue weighted by Crippen LogP contribution is 2.18. The molecule has 0 heterocycles. The molecule has 9 nitrogen and oxygen atoms in total. The molecule has 0 aliphatic carbocycles. The van der Waals surface area contributed by atoms with Crippen LogP contribution in [0.2, 0.25) is 0 Å². The summed E-state index contributed by atoms with van der Waals surface area (Å²) in [5, 5.41) is 58.3. The summed E-state index contributed by atoms with van der Waals surface area (Å²) in [7, 11) is 0. The summed E-state index contributed by atoms with van der Waals surface area (Å²) in [4.78, 5) is 11.3. The summed E-state index contributed by atoms with van der Waals surface area (Å²) in [5.74, 6) is -0.184. The lowest BCUT2D eigenvalue weighted by Gasteiger charge is -2.22. The van der Waals surface area contributed by atoms with Crippen LogP contribution in [0.4, 0.5) is 0 Å². The summed E-state index contributed by atoms with van der Waals surface area (Å²) in [6.45, 7) is 3.36. The number of aliphatic hydroxyl groups excluding tert-OH is 6. The van der Waals surface area contributed by atoms with Gasteiger partial charge in [-0.05, 0) is 51.4 Å². The van der Waals surface area contributed by atoms with Crippen LogP contribution in [0.25, 0.3) is 0 Å². The molecule has 6 atom stereocenters. The van der Waals surface area contributed by atoms with E-state index in [-0.39, 0.29) is 44.5 Å². The fourth-order valence-corrected chi connectivity index (χ4v) is 4.49. The van der Waals surface area contributed by atoms with E-state index in [0.717, 1.165) is 57.8 Å². The van der Waals surface area contributed by atoms with E-state index >= 15 is 0 Å². The van der Waals surface area contributed by atoms with Gasteiger partial charge in [0.25, 0.3) is 0 Å². The molecule has 0 aromatic carbocycles. The zero-order valence-electron chi connectivity index (χ0n) is 24.0. The van der Waals surface area contributed by atoms with Crippen LogP contribution < -0.4 is 0 Å². The third-order valence-corrected chi connectivity index (χ3v) is 6.96. The maximum atomic E-state index is 11.3. The predicted octanol–water partition coefficient (Wildman–Crippen LogP) is 3.38. The van der Waals surface area contributed by atoms with Gasteiger partial charge in [0.15, 0.2) is 0 Å². The van der Waals surface area contributed by atoms with Gasteiger partial charge in [-0.1, -0.05) is 64.7 Å². The van der Waals surface area contributed by atoms with E-state index in [1.54, 1.807) is 0 Å². The van der Waals surface area contributed by atoms with Gasteiger partial charge in [0.05, 0.1) is 37.6 Å². The Morgan fingerprint density at radius 3 is 1.58 bits per heavy atom. The second-order valence-electron chi connectivity index (χ2n) is 10.7. The maximum absolute atomic E-state index is 11.3. The van der Waals surface area contributed by atoms with E-state index in [2.05, 4.69) is 6.92 Å². The van der Waals surface area contributed by atoms with Crippen LogP contribution in [0, 0.1) is 0 Å². The molecule has 0 aliphatic rings. The monoisotopic (exact) mass is 550 g/mol. The number of unbranched alkanes of at least 4 members (excludes halogenated alkanes) is 9. The number of carbonyl (C=O) groups excluding carboxylic acids is 1. The first-order valence-corrected chi connectivity index (χ1v) is 15.0. The lowest BCUT2D eigenvalue weighted by Crippen LogP contribution is -2.32. The van der Waals surface area contributed by atoms with Crippen molar-refractivity contribution in [3.05, 3.63) is 0 Å². The Morgan fingerprint density at radius 2 is 1.08 bits per heavy atom. The maximum Gasteiger partial charge on any atom is 0.302 e. The van der Waals surface area contributed by atoms with Gasteiger partial charge in [0.2, 0.25) is 0 Å². The van der Waals surface area contributed by atoms with Crippen molar-refractivity contribution in [1.82, 2.24) is 0 Å². The molecule has 0 radical (unpaired) electrons. The average Bonchev–Trinajstić information content (AvgIpc) is 2.89. The van der Waals surface area contributed by atoms with Crippen LogP contribution in [0.3, 0.4) is 0 Å². The molecule has 0 rings (SSSR count). The second kappa shape index (κ2) is 25.2. The SMILES string of the molecule is CCCCC[C@H](CCCCCCCCCC[C@H](O)[C@H](O)CC[C@H](O)[C@H](O)CCOC[C@H](O)CO)OC(C)=O. The molecule has 6 N–H and O–H groups in total. The molecule has 0 saturated carbocycles. The highest BCUT2D eigenvalue weighted by molar-refractivity contribution is 5.66. The van der Waals surface area contributed by atoms with Gasteiger partial charge in [0, 0.05) is 13.5 Å². The minimum Gasteiger partial charge on any atom is -0.463 e. The van der Waals surface area contributed by atoms with Crippen LogP contribution in [-0.4, -0.2) is 93.1 Å². The Hall–Kier alpha value is -0.810. The topological polar surface area (TPSA) is 157 Å². The van der Waals surface area contributed by atoms with Crippen molar-refractivity contribution in [3.8, 4) is 0 Å². The predicted molar refractivity (Wildman–Crippen MR) is 148 cm³/mol. The molecule has 0 saturated heterocycles. The van der Waals surface area contributed by atoms with Gasteiger partial charge in [0.1, 0.15) is 12.2 Å². The molecule has 0 bridgehead atoms. The smallest absolute Gasteiger partial charge is 0.302 e. The number of rotatable bonds is 27. The first-order chi connectivity index (χ1) is 18.2. The lowest BCUT2D eigenvalue weighted by molar-refractivity contribution is -0.147. The molecule has 0 unspecified atom stereocenters. The van der Waals surface area contributed by atoms with E-state index in [1.165, 1.54) is 32.6 Å². The molecule has 0 spiro atoms. The Bertz CT molecular complexity index is 534. The zero-order valence-corrected chi connectivity index (χ0v) is 24.0. The van der Waals surface area contributed by atoms with Gasteiger partial charge in [-0.2, -0.15) is 0 Å². The summed E-state index contributed by atoms with van der Waals surface area (Å²) >= 11 is 0. The summed E-state index contributed by atoms with van der Waals surface area (Å²) < 4.78 is 10.6. The van der Waals surface area contributed by atoms with Gasteiger partial charge in [-0.25, -0.2) is 0 Å². The van der Waals surface area contributed by atoms with Crippen molar-refractivity contribution in [2.45, 2.75) is 160 Å². The summed E-state index contributed by atoms with van der Waals surface area (Å²) in [6, 6.07) is 0. The third-order valence-electron chi connectivity index (χ3n) is 6.96. The first kappa shape index (κ1) is 37.2. The highest BCUT2D eigenvalue weighted by Gasteiger charge is 2.21. The number of ether oxygens (including phenoxy) is 2. The van der Waals surface area contributed by atoms with Crippen molar-refractivity contribution in [2.24, 2.45) is 0 Å². The molecule has 0 aromatic rings. The highest BCUT2D eigenvalue weighted by atomic mass is 16.5.